The summed E-state index contributed by atoms with van der Waals surface area (Å²) in [5.74, 6) is -0.216. The minimum absolute atomic E-state index is 0.118. The molecule has 1 aromatic heterocycles. The van der Waals surface area contributed by atoms with Crippen LogP contribution in [0.25, 0.3) is 33.6 Å². The van der Waals surface area contributed by atoms with Crippen molar-refractivity contribution in [1.29, 1.82) is 0 Å². The monoisotopic (exact) mass is 1050 g/mol. The predicted molar refractivity (Wildman–Crippen MR) is 238 cm³/mol. The summed E-state index contributed by atoms with van der Waals surface area (Å²) in [5, 5.41) is 76.6. The van der Waals surface area contributed by atoms with Crippen molar-refractivity contribution in [2.45, 2.75) is 119 Å². The van der Waals surface area contributed by atoms with Crippen LogP contribution in [0, 0.1) is 0 Å². The molecule has 0 amide bonds. The third-order valence-corrected chi connectivity index (χ3v) is 15.1. The molecule has 7 rings (SSSR count). The summed E-state index contributed by atoms with van der Waals surface area (Å²) in [6.45, 7) is -1.23. The summed E-state index contributed by atoms with van der Waals surface area (Å²) in [5.41, 5.74) is 19.6. The van der Waals surface area contributed by atoms with Gasteiger partial charge in [-0.2, -0.15) is 29.8 Å². The van der Waals surface area contributed by atoms with Crippen LogP contribution in [0.15, 0.2) is 93.5 Å². The van der Waals surface area contributed by atoms with Gasteiger partial charge < -0.3 is 76.6 Å². The maximum atomic E-state index is 12.5. The van der Waals surface area contributed by atoms with E-state index >= 15 is 0 Å². The Bertz CT molecular complexity index is 2770. The fraction of sp³-hybridized carbons (Fsp3) is 0.452. The summed E-state index contributed by atoms with van der Waals surface area (Å²) < 4.78 is 133. The quantitative estimate of drug-likeness (QED) is 0.0430. The number of benzene rings is 3. The third kappa shape index (κ3) is 11.1. The van der Waals surface area contributed by atoms with Crippen LogP contribution in [-0.2, 0) is 55.8 Å². The number of methoxy groups -OCH3 is 1. The first-order valence-electron chi connectivity index (χ1n) is 21.2. The third-order valence-electron chi connectivity index (χ3n) is 12.4. The Morgan fingerprint density at radius 2 is 1.04 bits per heavy atom. The molecule has 0 spiro atoms. The fourth-order valence-electron chi connectivity index (χ4n) is 8.65. The molecule has 3 aliphatic rings. The SMILES string of the molecule is COc1ccc(-c2cc(-c3ccc(S(=O)(=O)O)cc3)[n+](CC3OC(OC4C(N)CC(N)C(OC5OC(CO)C(O)C(N)C5O)C4O)C(O)C(O)C3O)c(-c3ccc(S(=O)(=O)O)cc3)c2)cc1S(=O)(=O)O. The second-order valence-corrected chi connectivity index (χ2v) is 21.3. The largest absolute Gasteiger partial charge is 0.495 e. The second kappa shape index (κ2) is 20.7. The second-order valence-electron chi connectivity index (χ2n) is 17.0. The maximum Gasteiger partial charge on any atom is 0.298 e. The van der Waals surface area contributed by atoms with Gasteiger partial charge in [0.25, 0.3) is 30.4 Å². The van der Waals surface area contributed by atoms with Crippen LogP contribution in [0.1, 0.15) is 6.42 Å². The lowest BCUT2D eigenvalue weighted by Crippen LogP contribution is -2.68. The Labute approximate surface area is 400 Å². The Kier molecular flexibility index (Phi) is 15.9. The van der Waals surface area contributed by atoms with E-state index in [0.717, 1.165) is 30.3 Å². The minimum Gasteiger partial charge on any atom is -0.495 e. The van der Waals surface area contributed by atoms with Crippen molar-refractivity contribution in [3.8, 4) is 39.4 Å². The molecule has 4 aromatic rings. The van der Waals surface area contributed by atoms with E-state index in [-0.39, 0.29) is 45.8 Å². The topological polar surface area (TPSA) is 433 Å². The van der Waals surface area contributed by atoms with Crippen molar-refractivity contribution < 1.29 is 103 Å². The lowest BCUT2D eigenvalue weighted by Gasteiger charge is -2.48. The average molecular weight is 1050 g/mol. The van der Waals surface area contributed by atoms with Gasteiger partial charge in [0.15, 0.2) is 19.1 Å². The molecular weight excluding hydrogens is 993 g/mol. The molecular formula is C42H53N4O21S3+. The van der Waals surface area contributed by atoms with Gasteiger partial charge in [-0.1, -0.05) is 6.07 Å². The molecule has 3 aromatic carbocycles. The number of aromatic nitrogens is 1. The van der Waals surface area contributed by atoms with E-state index < -0.39 is 150 Å². The number of pyridine rings is 1. The number of nitrogens with two attached hydrogens (primary N) is 3. The van der Waals surface area contributed by atoms with E-state index in [1.807, 2.05) is 0 Å². The Morgan fingerprint density at radius 1 is 0.571 bits per heavy atom. The van der Waals surface area contributed by atoms with Crippen molar-refractivity contribution in [3.63, 3.8) is 0 Å². The molecule has 384 valence electrons. The molecule has 1 aliphatic carbocycles. The smallest absolute Gasteiger partial charge is 0.298 e. The van der Waals surface area contributed by atoms with E-state index in [1.165, 1.54) is 60.2 Å². The molecule has 25 nitrogen and oxygen atoms in total. The van der Waals surface area contributed by atoms with Crippen LogP contribution in [0.5, 0.6) is 5.75 Å². The van der Waals surface area contributed by atoms with E-state index in [9.17, 15) is 74.7 Å². The van der Waals surface area contributed by atoms with Crippen molar-refractivity contribution in [3.05, 3.63) is 78.9 Å². The number of hydrogen-bond acceptors (Lipinski definition) is 21. The van der Waals surface area contributed by atoms with Crippen molar-refractivity contribution >= 4 is 30.4 Å². The van der Waals surface area contributed by atoms with E-state index in [4.69, 9.17) is 40.9 Å². The molecule has 28 heteroatoms. The average Bonchev–Trinajstić information content (AvgIpc) is 3.31. The van der Waals surface area contributed by atoms with Crippen LogP contribution in [0.4, 0.5) is 0 Å². The molecule has 16 N–H and O–H groups in total. The Balaban J connectivity index is 1.31. The molecule has 70 heavy (non-hydrogen) atoms. The highest BCUT2D eigenvalue weighted by atomic mass is 32.2. The molecule has 2 aliphatic heterocycles. The van der Waals surface area contributed by atoms with Crippen molar-refractivity contribution in [1.82, 2.24) is 0 Å². The van der Waals surface area contributed by atoms with E-state index in [2.05, 4.69) is 0 Å². The summed E-state index contributed by atoms with van der Waals surface area (Å²) in [6.07, 6.45) is -20.4. The highest BCUT2D eigenvalue weighted by molar-refractivity contribution is 7.86. The minimum atomic E-state index is -4.89. The Hall–Kier alpha value is -4.22. The van der Waals surface area contributed by atoms with Crippen LogP contribution in [-0.4, -0.2) is 180 Å². The normalized spacial score (nSPS) is 32.1. The first kappa shape index (κ1) is 53.6. The van der Waals surface area contributed by atoms with Crippen molar-refractivity contribution in [2.24, 2.45) is 17.2 Å². The van der Waals surface area contributed by atoms with Gasteiger partial charge in [0, 0.05) is 35.3 Å². The van der Waals surface area contributed by atoms with E-state index in [1.54, 1.807) is 0 Å². The zero-order valence-electron chi connectivity index (χ0n) is 36.7. The number of hydrogen-bond donors (Lipinski definition) is 13. The predicted octanol–water partition coefficient (Wildman–Crippen LogP) is -3.51. The summed E-state index contributed by atoms with van der Waals surface area (Å²) in [6, 6.07) is 12.7. The lowest BCUT2D eigenvalue weighted by atomic mass is 9.84. The molecule has 2 saturated heterocycles. The zero-order chi connectivity index (χ0) is 51.4. The summed E-state index contributed by atoms with van der Waals surface area (Å²) >= 11 is 0. The first-order chi connectivity index (χ1) is 32.7. The maximum absolute atomic E-state index is 12.5. The molecule has 0 bridgehead atoms. The number of ether oxygens (including phenoxy) is 5. The van der Waals surface area contributed by atoms with Gasteiger partial charge in [0.2, 0.25) is 11.4 Å². The standard InChI is InChI=1S/C42H52N4O21S3/c1-63-28-11-6-20(14-31(28)70(60,61)62)21-12-26(18-2-7-22(8-3-18)68(54,55)56)46(27(13-21)19-4-9-23(10-5-19)69(57,58)59)16-29-34(49)36(51)37(52)42(64-29)67-40-25(44)15-24(43)39(38(40)53)66-41-35(50)32(45)33(48)30(17-47)65-41/h2-14,24-25,29-30,32-42,47-53H,15-17,43-45H2,1H3,(H2-,54,55,56,57,58,59,60,61,62)/p+1. The van der Waals surface area contributed by atoms with Crippen LogP contribution < -0.4 is 26.5 Å². The molecule has 3 heterocycles. The number of aliphatic hydroxyl groups excluding tert-OH is 7. The molecule has 15 unspecified atom stereocenters. The number of rotatable bonds is 14. The molecule has 1 saturated carbocycles. The first-order valence-corrected chi connectivity index (χ1v) is 25.5. The van der Waals surface area contributed by atoms with Crippen LogP contribution >= 0.6 is 0 Å². The molecule has 0 radical (unpaired) electrons. The number of nitrogens with zero attached hydrogens (tertiary/aromatic N) is 1. The summed E-state index contributed by atoms with van der Waals surface area (Å²) in [4.78, 5) is -1.64. The van der Waals surface area contributed by atoms with Gasteiger partial charge >= 0.3 is 0 Å². The highest BCUT2D eigenvalue weighted by Crippen LogP contribution is 2.36. The van der Waals surface area contributed by atoms with Gasteiger partial charge in [0.05, 0.1) is 29.5 Å². The fourth-order valence-corrected chi connectivity index (χ4v) is 10.3. The van der Waals surface area contributed by atoms with Gasteiger partial charge in [-0.15, -0.1) is 0 Å². The van der Waals surface area contributed by atoms with Crippen LogP contribution in [0.2, 0.25) is 0 Å². The molecule has 3 fully saturated rings. The molecule has 15 atom stereocenters. The summed E-state index contributed by atoms with van der Waals surface area (Å²) in [7, 11) is -13.2. The zero-order valence-corrected chi connectivity index (χ0v) is 39.1. The van der Waals surface area contributed by atoms with Gasteiger partial charge in [-0.3, -0.25) is 13.7 Å². The van der Waals surface area contributed by atoms with Gasteiger partial charge in [-0.05, 0) is 78.2 Å². The van der Waals surface area contributed by atoms with Gasteiger partial charge in [0.1, 0.15) is 71.7 Å². The van der Waals surface area contributed by atoms with E-state index in [0.29, 0.717) is 0 Å². The highest BCUT2D eigenvalue weighted by Gasteiger charge is 2.52. The van der Waals surface area contributed by atoms with Crippen molar-refractivity contribution in [2.75, 3.05) is 13.7 Å². The Morgan fingerprint density at radius 3 is 1.50 bits per heavy atom. The van der Waals surface area contributed by atoms with Crippen LogP contribution in [0.3, 0.4) is 0 Å². The van der Waals surface area contributed by atoms with Gasteiger partial charge in [-0.25, -0.2) is 0 Å². The lowest BCUT2D eigenvalue weighted by molar-refractivity contribution is -0.686. The number of aliphatic hydroxyl groups is 7.